The van der Waals surface area contributed by atoms with Gasteiger partial charge in [-0.25, -0.2) is 4.79 Å². The fraction of sp³-hybridized carbons (Fsp3) is 0.222. The number of nitrogens with one attached hydrogen (secondary N) is 1. The second-order valence-electron chi connectivity index (χ2n) is 5.17. The zero-order valence-corrected chi connectivity index (χ0v) is 13.1. The van der Waals surface area contributed by atoms with Gasteiger partial charge in [0.05, 0.1) is 5.56 Å². The number of aryl methyl sites for hydroxylation is 2. The van der Waals surface area contributed by atoms with Crippen LogP contribution in [0.25, 0.3) is 0 Å². The summed E-state index contributed by atoms with van der Waals surface area (Å²) in [4.78, 5) is 23.0. The Kier molecular flexibility index (Phi) is 5.36. The normalized spacial score (nSPS) is 10.2. The van der Waals surface area contributed by atoms with Crippen LogP contribution in [0.5, 0.6) is 5.75 Å². The van der Waals surface area contributed by atoms with E-state index in [0.717, 1.165) is 17.5 Å². The van der Waals surface area contributed by atoms with Gasteiger partial charge in [0, 0.05) is 5.69 Å². The Morgan fingerprint density at radius 1 is 1.17 bits per heavy atom. The van der Waals surface area contributed by atoms with E-state index >= 15 is 0 Å². The molecule has 5 nitrogen and oxygen atoms in total. The summed E-state index contributed by atoms with van der Waals surface area (Å²) in [6.45, 7) is 3.71. The molecule has 0 aromatic heterocycles. The van der Waals surface area contributed by atoms with Gasteiger partial charge in [0.25, 0.3) is 5.91 Å². The van der Waals surface area contributed by atoms with Crippen molar-refractivity contribution in [2.45, 2.75) is 20.3 Å². The van der Waals surface area contributed by atoms with Crippen LogP contribution in [0, 0.1) is 6.92 Å². The number of carbonyl (C=O) groups excluding carboxylic acids is 1. The lowest BCUT2D eigenvalue weighted by Gasteiger charge is -2.11. The van der Waals surface area contributed by atoms with Gasteiger partial charge in [0.1, 0.15) is 5.75 Å². The maximum atomic E-state index is 12.0. The summed E-state index contributed by atoms with van der Waals surface area (Å²) >= 11 is 0. The predicted octanol–water partition coefficient (Wildman–Crippen LogP) is 3.27. The van der Waals surface area contributed by atoms with E-state index in [2.05, 4.69) is 5.32 Å². The Morgan fingerprint density at radius 2 is 1.96 bits per heavy atom. The van der Waals surface area contributed by atoms with Crippen LogP contribution in [-0.2, 0) is 11.2 Å². The molecule has 0 saturated carbocycles. The van der Waals surface area contributed by atoms with Crippen LogP contribution >= 0.6 is 0 Å². The molecule has 1 amide bonds. The van der Waals surface area contributed by atoms with E-state index in [0.29, 0.717) is 11.4 Å². The Labute approximate surface area is 134 Å². The zero-order chi connectivity index (χ0) is 16.8. The van der Waals surface area contributed by atoms with Gasteiger partial charge in [0.2, 0.25) is 0 Å². The topological polar surface area (TPSA) is 75.6 Å². The number of hydrogen-bond acceptors (Lipinski definition) is 3. The molecule has 0 heterocycles. The number of anilines is 1. The largest absolute Gasteiger partial charge is 0.484 e. The third kappa shape index (κ3) is 4.57. The predicted molar refractivity (Wildman–Crippen MR) is 88.1 cm³/mol. The molecular formula is C18H19NO4. The molecule has 2 N–H and O–H groups in total. The summed E-state index contributed by atoms with van der Waals surface area (Å²) < 4.78 is 5.47. The molecule has 0 aliphatic rings. The Bertz CT molecular complexity index is 725. The number of hydrogen-bond donors (Lipinski definition) is 2. The van der Waals surface area contributed by atoms with E-state index in [1.54, 1.807) is 19.1 Å². The maximum Gasteiger partial charge on any atom is 0.335 e. The molecule has 0 spiro atoms. The average Bonchev–Trinajstić information content (AvgIpc) is 2.55. The van der Waals surface area contributed by atoms with E-state index in [1.807, 2.05) is 25.1 Å². The molecule has 5 heteroatoms. The monoisotopic (exact) mass is 313 g/mol. The molecule has 0 aliphatic heterocycles. The molecule has 0 unspecified atom stereocenters. The average molecular weight is 313 g/mol. The van der Waals surface area contributed by atoms with Crippen LogP contribution in [0.4, 0.5) is 5.69 Å². The van der Waals surface area contributed by atoms with E-state index < -0.39 is 5.97 Å². The molecule has 23 heavy (non-hydrogen) atoms. The Morgan fingerprint density at radius 3 is 2.65 bits per heavy atom. The van der Waals surface area contributed by atoms with Gasteiger partial charge in [-0.2, -0.15) is 0 Å². The number of amides is 1. The first kappa shape index (κ1) is 16.5. The molecular weight excluding hydrogens is 294 g/mol. The van der Waals surface area contributed by atoms with Gasteiger partial charge in [-0.05, 0) is 48.7 Å². The number of rotatable bonds is 6. The van der Waals surface area contributed by atoms with Gasteiger partial charge in [-0.15, -0.1) is 0 Å². The summed E-state index contributed by atoms with van der Waals surface area (Å²) in [6, 6.07) is 12.2. The second kappa shape index (κ2) is 7.45. The van der Waals surface area contributed by atoms with Gasteiger partial charge < -0.3 is 15.2 Å². The van der Waals surface area contributed by atoms with Crippen LogP contribution in [0.15, 0.2) is 42.5 Å². The molecule has 0 fully saturated rings. The first-order chi connectivity index (χ1) is 11.0. The molecule has 0 bridgehead atoms. The summed E-state index contributed by atoms with van der Waals surface area (Å²) in [5, 5.41) is 11.7. The van der Waals surface area contributed by atoms with Gasteiger partial charge in [-0.1, -0.05) is 25.1 Å². The molecule has 0 aliphatic carbocycles. The maximum absolute atomic E-state index is 12.0. The van der Waals surface area contributed by atoms with E-state index in [9.17, 15) is 9.59 Å². The summed E-state index contributed by atoms with van der Waals surface area (Å²) in [7, 11) is 0. The summed E-state index contributed by atoms with van der Waals surface area (Å²) in [6.07, 6.45) is 0.893. The standard InChI is InChI=1S/C18H19NO4/c1-3-13-5-4-6-15(9-13)23-11-17(20)19-16-10-14(18(21)22)8-7-12(16)2/h4-10H,3,11H2,1-2H3,(H,19,20)(H,21,22). The Balaban J connectivity index is 1.99. The Hall–Kier alpha value is -2.82. The summed E-state index contributed by atoms with van der Waals surface area (Å²) in [5.41, 5.74) is 2.52. The molecule has 2 rings (SSSR count). The highest BCUT2D eigenvalue weighted by atomic mass is 16.5. The number of carboxylic acid groups (broad SMARTS) is 1. The van der Waals surface area contributed by atoms with E-state index in [4.69, 9.17) is 9.84 Å². The van der Waals surface area contributed by atoms with E-state index in [1.165, 1.54) is 12.1 Å². The SMILES string of the molecule is CCc1cccc(OCC(=O)Nc2cc(C(=O)O)ccc2C)c1. The number of benzene rings is 2. The quantitative estimate of drug-likeness (QED) is 0.858. The fourth-order valence-electron chi connectivity index (χ4n) is 2.08. The molecule has 0 atom stereocenters. The number of aromatic carboxylic acids is 1. The number of carbonyl (C=O) groups is 2. The highest BCUT2D eigenvalue weighted by Gasteiger charge is 2.09. The molecule has 2 aromatic rings. The highest BCUT2D eigenvalue weighted by molar-refractivity contribution is 5.95. The first-order valence-corrected chi connectivity index (χ1v) is 7.35. The van der Waals surface area contributed by atoms with Crippen molar-refractivity contribution in [2.75, 3.05) is 11.9 Å². The van der Waals surface area contributed by atoms with Gasteiger partial charge in [-0.3, -0.25) is 4.79 Å². The van der Waals surface area contributed by atoms with Crippen molar-refractivity contribution >= 4 is 17.6 Å². The van der Waals surface area contributed by atoms with Crippen LogP contribution < -0.4 is 10.1 Å². The number of carboxylic acids is 1. The van der Waals surface area contributed by atoms with E-state index in [-0.39, 0.29) is 18.1 Å². The lowest BCUT2D eigenvalue weighted by Crippen LogP contribution is -2.21. The first-order valence-electron chi connectivity index (χ1n) is 7.35. The molecule has 0 radical (unpaired) electrons. The molecule has 120 valence electrons. The lowest BCUT2D eigenvalue weighted by atomic mass is 10.1. The zero-order valence-electron chi connectivity index (χ0n) is 13.1. The second-order valence-corrected chi connectivity index (χ2v) is 5.17. The van der Waals surface area contributed by atoms with Crippen LogP contribution in [-0.4, -0.2) is 23.6 Å². The fourth-order valence-corrected chi connectivity index (χ4v) is 2.08. The number of ether oxygens (including phenoxy) is 1. The van der Waals surface area contributed by atoms with Crippen molar-refractivity contribution in [3.05, 3.63) is 59.2 Å². The van der Waals surface area contributed by atoms with Crippen molar-refractivity contribution in [1.82, 2.24) is 0 Å². The van der Waals surface area contributed by atoms with Crippen molar-refractivity contribution in [3.8, 4) is 5.75 Å². The van der Waals surface area contributed by atoms with Crippen LogP contribution in [0.2, 0.25) is 0 Å². The summed E-state index contributed by atoms with van der Waals surface area (Å²) in [5.74, 6) is -0.735. The van der Waals surface area contributed by atoms with Crippen molar-refractivity contribution in [1.29, 1.82) is 0 Å². The molecule has 0 saturated heterocycles. The minimum atomic E-state index is -1.03. The minimum Gasteiger partial charge on any atom is -0.484 e. The van der Waals surface area contributed by atoms with Gasteiger partial charge >= 0.3 is 5.97 Å². The third-order valence-corrected chi connectivity index (χ3v) is 3.44. The smallest absolute Gasteiger partial charge is 0.335 e. The minimum absolute atomic E-state index is 0.127. The van der Waals surface area contributed by atoms with Crippen molar-refractivity contribution in [3.63, 3.8) is 0 Å². The highest BCUT2D eigenvalue weighted by Crippen LogP contribution is 2.17. The van der Waals surface area contributed by atoms with Crippen LogP contribution in [0.1, 0.15) is 28.4 Å². The van der Waals surface area contributed by atoms with Crippen molar-refractivity contribution < 1.29 is 19.4 Å². The third-order valence-electron chi connectivity index (χ3n) is 3.44. The van der Waals surface area contributed by atoms with Gasteiger partial charge in [0.15, 0.2) is 6.61 Å². The lowest BCUT2D eigenvalue weighted by molar-refractivity contribution is -0.118. The van der Waals surface area contributed by atoms with Crippen LogP contribution in [0.3, 0.4) is 0 Å². The molecule has 2 aromatic carbocycles. The van der Waals surface area contributed by atoms with Crippen molar-refractivity contribution in [2.24, 2.45) is 0 Å².